The number of aromatic nitrogens is 2. The zero-order chi connectivity index (χ0) is 18.0. The molecule has 1 N–H and O–H groups in total. The Hall–Kier alpha value is -2.34. The van der Waals surface area contributed by atoms with Gasteiger partial charge in [-0.05, 0) is 31.7 Å². The standard InChI is InChI=1S/C19H25N3O3/c1-13-17(19(25-3)21(2)20-13)18(24)22-11-7-10-15(22)12-16(23)14-8-5-4-6-9-14/h4-6,8-9,15-16,23H,7,10-12H2,1-3H3/t15-,16+/m0/s1. The fourth-order valence-corrected chi connectivity index (χ4v) is 3.68. The third kappa shape index (κ3) is 3.39. The van der Waals surface area contributed by atoms with Crippen molar-refractivity contribution in [2.24, 2.45) is 7.05 Å². The van der Waals surface area contributed by atoms with E-state index < -0.39 is 6.10 Å². The van der Waals surface area contributed by atoms with Crippen molar-refractivity contribution in [2.45, 2.75) is 38.3 Å². The molecule has 6 nitrogen and oxygen atoms in total. The summed E-state index contributed by atoms with van der Waals surface area (Å²) in [7, 11) is 3.32. The van der Waals surface area contributed by atoms with Crippen molar-refractivity contribution in [1.82, 2.24) is 14.7 Å². The molecule has 0 aliphatic carbocycles. The number of aliphatic hydroxyl groups excluding tert-OH is 1. The van der Waals surface area contributed by atoms with Crippen molar-refractivity contribution in [3.63, 3.8) is 0 Å². The second-order valence-corrected chi connectivity index (χ2v) is 6.55. The number of hydrogen-bond donors (Lipinski definition) is 1. The van der Waals surface area contributed by atoms with Gasteiger partial charge in [-0.2, -0.15) is 5.10 Å². The lowest BCUT2D eigenvalue weighted by Crippen LogP contribution is -2.36. The quantitative estimate of drug-likeness (QED) is 0.906. The molecule has 2 aromatic rings. The molecule has 0 saturated carbocycles. The number of carbonyl (C=O) groups is 1. The first-order chi connectivity index (χ1) is 12.0. The molecule has 2 heterocycles. The number of nitrogens with zero attached hydrogens (tertiary/aromatic N) is 3. The van der Waals surface area contributed by atoms with Crippen molar-refractivity contribution in [3.8, 4) is 5.88 Å². The highest BCUT2D eigenvalue weighted by atomic mass is 16.5. The van der Waals surface area contributed by atoms with Crippen LogP contribution >= 0.6 is 0 Å². The summed E-state index contributed by atoms with van der Waals surface area (Å²) >= 11 is 0. The SMILES string of the molecule is COc1c(C(=O)N2CCC[C@H]2C[C@@H](O)c2ccccc2)c(C)nn1C. The largest absolute Gasteiger partial charge is 0.481 e. The molecule has 134 valence electrons. The van der Waals surface area contributed by atoms with Gasteiger partial charge in [-0.1, -0.05) is 30.3 Å². The highest BCUT2D eigenvalue weighted by molar-refractivity contribution is 5.98. The lowest BCUT2D eigenvalue weighted by atomic mass is 10.00. The molecule has 0 radical (unpaired) electrons. The van der Waals surface area contributed by atoms with Gasteiger partial charge in [-0.25, -0.2) is 4.68 Å². The third-order valence-corrected chi connectivity index (χ3v) is 4.89. The van der Waals surface area contributed by atoms with Gasteiger partial charge in [0.1, 0.15) is 5.56 Å². The number of hydrogen-bond acceptors (Lipinski definition) is 4. The van der Waals surface area contributed by atoms with E-state index in [2.05, 4.69) is 5.10 Å². The summed E-state index contributed by atoms with van der Waals surface area (Å²) in [5.74, 6) is 0.418. The van der Waals surface area contributed by atoms with E-state index in [0.29, 0.717) is 30.1 Å². The molecular weight excluding hydrogens is 318 g/mol. The van der Waals surface area contributed by atoms with Gasteiger partial charge in [0.15, 0.2) is 0 Å². The van der Waals surface area contributed by atoms with Gasteiger partial charge >= 0.3 is 0 Å². The maximum atomic E-state index is 13.1. The van der Waals surface area contributed by atoms with E-state index >= 15 is 0 Å². The number of benzene rings is 1. The topological polar surface area (TPSA) is 67.6 Å². The predicted octanol–water partition coefficient (Wildman–Crippen LogP) is 2.47. The van der Waals surface area contributed by atoms with Crippen LogP contribution in [-0.2, 0) is 7.05 Å². The molecule has 1 fully saturated rings. The number of methoxy groups -OCH3 is 1. The average Bonchev–Trinajstić information content (AvgIpc) is 3.18. The maximum absolute atomic E-state index is 13.1. The lowest BCUT2D eigenvalue weighted by Gasteiger charge is -2.27. The van der Waals surface area contributed by atoms with Crippen LogP contribution < -0.4 is 4.74 Å². The van der Waals surface area contributed by atoms with Gasteiger partial charge < -0.3 is 14.7 Å². The van der Waals surface area contributed by atoms with Crippen LogP contribution in [0.3, 0.4) is 0 Å². The summed E-state index contributed by atoms with van der Waals surface area (Å²) in [6.07, 6.45) is 1.81. The van der Waals surface area contributed by atoms with Crippen molar-refractivity contribution in [3.05, 3.63) is 47.2 Å². The van der Waals surface area contributed by atoms with Crippen LogP contribution in [0.1, 0.15) is 47.0 Å². The molecule has 1 amide bonds. The van der Waals surface area contributed by atoms with Crippen LogP contribution in [0, 0.1) is 6.92 Å². The van der Waals surface area contributed by atoms with E-state index in [1.807, 2.05) is 42.2 Å². The fraction of sp³-hybridized carbons (Fsp3) is 0.474. The van der Waals surface area contributed by atoms with Crippen LogP contribution in [0.25, 0.3) is 0 Å². The zero-order valence-electron chi connectivity index (χ0n) is 15.0. The van der Waals surface area contributed by atoms with E-state index in [0.717, 1.165) is 18.4 Å². The minimum atomic E-state index is -0.573. The summed E-state index contributed by atoms with van der Waals surface area (Å²) in [6.45, 7) is 2.52. The monoisotopic (exact) mass is 343 g/mol. The molecule has 2 atom stereocenters. The Balaban J connectivity index is 1.79. The Morgan fingerprint density at radius 2 is 2.12 bits per heavy atom. The van der Waals surface area contributed by atoms with E-state index in [4.69, 9.17) is 4.74 Å². The summed E-state index contributed by atoms with van der Waals surface area (Å²) in [6, 6.07) is 9.62. The van der Waals surface area contributed by atoms with Crippen molar-refractivity contribution in [1.29, 1.82) is 0 Å². The second-order valence-electron chi connectivity index (χ2n) is 6.55. The molecule has 3 rings (SSSR count). The number of likely N-dealkylation sites (tertiary alicyclic amines) is 1. The lowest BCUT2D eigenvalue weighted by molar-refractivity contribution is 0.0663. The summed E-state index contributed by atoms with van der Waals surface area (Å²) < 4.78 is 6.96. The van der Waals surface area contributed by atoms with Crippen LogP contribution in [0.2, 0.25) is 0 Å². The highest BCUT2D eigenvalue weighted by Gasteiger charge is 2.34. The Morgan fingerprint density at radius 1 is 1.40 bits per heavy atom. The first-order valence-electron chi connectivity index (χ1n) is 8.64. The van der Waals surface area contributed by atoms with Crippen molar-refractivity contribution < 1.29 is 14.6 Å². The number of ether oxygens (including phenoxy) is 1. The Bertz CT molecular complexity index is 742. The molecule has 0 spiro atoms. The Labute approximate surface area is 148 Å². The molecular formula is C19H25N3O3. The Kier molecular flexibility index (Phi) is 5.08. The maximum Gasteiger partial charge on any atom is 0.261 e. The smallest absolute Gasteiger partial charge is 0.261 e. The van der Waals surface area contributed by atoms with Crippen molar-refractivity contribution in [2.75, 3.05) is 13.7 Å². The van der Waals surface area contributed by atoms with Crippen LogP contribution in [0.15, 0.2) is 30.3 Å². The number of aryl methyl sites for hydroxylation is 2. The minimum absolute atomic E-state index is 0.0204. The number of amides is 1. The molecule has 6 heteroatoms. The van der Waals surface area contributed by atoms with Crippen LogP contribution in [0.5, 0.6) is 5.88 Å². The van der Waals surface area contributed by atoms with Crippen LogP contribution in [0.4, 0.5) is 0 Å². The van der Waals surface area contributed by atoms with Gasteiger partial charge in [0.2, 0.25) is 5.88 Å². The second kappa shape index (κ2) is 7.27. The van der Waals surface area contributed by atoms with Gasteiger partial charge in [-0.3, -0.25) is 4.79 Å². The van der Waals surface area contributed by atoms with E-state index in [9.17, 15) is 9.90 Å². The summed E-state index contributed by atoms with van der Waals surface area (Å²) in [5.41, 5.74) is 2.07. The van der Waals surface area contributed by atoms with Crippen molar-refractivity contribution >= 4 is 5.91 Å². The molecule has 1 aromatic heterocycles. The molecule has 1 aliphatic heterocycles. The first kappa shape index (κ1) is 17.5. The summed E-state index contributed by atoms with van der Waals surface area (Å²) in [5, 5.41) is 14.8. The van der Waals surface area contributed by atoms with Gasteiger partial charge in [0.25, 0.3) is 5.91 Å². The molecule has 0 unspecified atom stereocenters. The minimum Gasteiger partial charge on any atom is -0.481 e. The highest BCUT2D eigenvalue weighted by Crippen LogP contribution is 2.31. The first-order valence-corrected chi connectivity index (χ1v) is 8.64. The molecule has 1 aliphatic rings. The van der Waals surface area contributed by atoms with Gasteiger partial charge in [-0.15, -0.1) is 0 Å². The van der Waals surface area contributed by atoms with Gasteiger partial charge in [0.05, 0.1) is 18.9 Å². The van der Waals surface area contributed by atoms with Crippen LogP contribution in [-0.4, -0.2) is 45.4 Å². The number of rotatable bonds is 5. The predicted molar refractivity (Wildman–Crippen MR) is 94.6 cm³/mol. The van der Waals surface area contributed by atoms with E-state index in [-0.39, 0.29) is 11.9 Å². The molecule has 0 bridgehead atoms. The number of aliphatic hydroxyl groups is 1. The number of carbonyl (C=O) groups excluding carboxylic acids is 1. The third-order valence-electron chi connectivity index (χ3n) is 4.89. The summed E-state index contributed by atoms with van der Waals surface area (Å²) in [4.78, 5) is 15.0. The molecule has 1 saturated heterocycles. The Morgan fingerprint density at radius 3 is 2.80 bits per heavy atom. The molecule has 1 aromatic carbocycles. The zero-order valence-corrected chi connectivity index (χ0v) is 15.0. The average molecular weight is 343 g/mol. The van der Waals surface area contributed by atoms with E-state index in [1.165, 1.54) is 0 Å². The fourth-order valence-electron chi connectivity index (χ4n) is 3.68. The van der Waals surface area contributed by atoms with Gasteiger partial charge in [0, 0.05) is 19.6 Å². The van der Waals surface area contributed by atoms with E-state index in [1.54, 1.807) is 18.8 Å². The normalized spacial score (nSPS) is 18.4. The molecule has 25 heavy (non-hydrogen) atoms.